The second-order valence-corrected chi connectivity index (χ2v) is 4.53. The third-order valence-corrected chi connectivity index (χ3v) is 3.13. The van der Waals surface area contributed by atoms with Crippen molar-refractivity contribution in [3.63, 3.8) is 0 Å². The van der Waals surface area contributed by atoms with Crippen molar-refractivity contribution in [2.45, 2.75) is 25.8 Å². The topological polar surface area (TPSA) is 50.9 Å². The van der Waals surface area contributed by atoms with Gasteiger partial charge in [0.2, 0.25) is 0 Å². The van der Waals surface area contributed by atoms with Gasteiger partial charge in [-0.05, 0) is 37.0 Å². The number of nitrogens with zero attached hydrogens (tertiary/aromatic N) is 1. The van der Waals surface area contributed by atoms with Crippen molar-refractivity contribution < 1.29 is 0 Å². The van der Waals surface area contributed by atoms with E-state index in [0.29, 0.717) is 0 Å². The van der Waals surface area contributed by atoms with Crippen molar-refractivity contribution in [3.05, 3.63) is 65.5 Å². The lowest BCUT2D eigenvalue weighted by Crippen LogP contribution is -2.28. The molecule has 3 nitrogen and oxygen atoms in total. The minimum absolute atomic E-state index is 0.186. The number of hydrogen-bond donors (Lipinski definition) is 2. The maximum atomic E-state index is 5.64. The van der Waals surface area contributed by atoms with Crippen LogP contribution >= 0.6 is 0 Å². The molecule has 1 unspecified atom stereocenters. The molecular formula is C15H19N3. The molecule has 0 saturated carbocycles. The predicted molar refractivity (Wildman–Crippen MR) is 73.8 cm³/mol. The number of hydrazine groups is 1. The number of pyridine rings is 1. The first-order valence-corrected chi connectivity index (χ1v) is 6.21. The number of rotatable bonds is 5. The van der Waals surface area contributed by atoms with E-state index in [4.69, 9.17) is 5.84 Å². The third kappa shape index (κ3) is 3.39. The van der Waals surface area contributed by atoms with Gasteiger partial charge in [0.05, 0.1) is 0 Å². The maximum absolute atomic E-state index is 5.64. The van der Waals surface area contributed by atoms with Crippen LogP contribution in [0.3, 0.4) is 0 Å². The highest BCUT2D eigenvalue weighted by Crippen LogP contribution is 2.18. The molecule has 3 heteroatoms. The lowest BCUT2D eigenvalue weighted by molar-refractivity contribution is 0.516. The van der Waals surface area contributed by atoms with Crippen molar-refractivity contribution in [1.82, 2.24) is 10.4 Å². The average Bonchev–Trinajstić information content (AvgIpc) is 2.42. The van der Waals surface area contributed by atoms with Crippen molar-refractivity contribution in [3.8, 4) is 0 Å². The minimum atomic E-state index is 0.186. The molecule has 0 saturated heterocycles. The van der Waals surface area contributed by atoms with E-state index in [0.717, 1.165) is 12.8 Å². The summed E-state index contributed by atoms with van der Waals surface area (Å²) in [6.07, 6.45) is 5.63. The number of nitrogens with one attached hydrogen (secondary N) is 1. The molecule has 0 aliphatic rings. The molecule has 0 radical (unpaired) electrons. The van der Waals surface area contributed by atoms with Gasteiger partial charge in [-0.25, -0.2) is 0 Å². The van der Waals surface area contributed by atoms with Crippen LogP contribution in [0.2, 0.25) is 0 Å². The fourth-order valence-corrected chi connectivity index (χ4v) is 2.00. The van der Waals surface area contributed by atoms with Crippen LogP contribution < -0.4 is 11.3 Å². The second kappa shape index (κ2) is 6.28. The Bertz CT molecular complexity index is 465. The van der Waals surface area contributed by atoms with E-state index in [1.54, 1.807) is 6.20 Å². The molecule has 0 spiro atoms. The standard InChI is InChI=1S/C15H19N3/c1-12-4-7-14(8-5-12)15(18-16)9-6-13-3-2-10-17-11-13/h2-5,7-8,10-11,15,18H,6,9,16H2,1H3. The van der Waals surface area contributed by atoms with Gasteiger partial charge in [-0.15, -0.1) is 0 Å². The summed E-state index contributed by atoms with van der Waals surface area (Å²) in [7, 11) is 0. The van der Waals surface area contributed by atoms with Crippen LogP contribution in [-0.2, 0) is 6.42 Å². The number of nitrogens with two attached hydrogens (primary N) is 1. The van der Waals surface area contributed by atoms with Crippen molar-refractivity contribution >= 4 is 0 Å². The third-order valence-electron chi connectivity index (χ3n) is 3.13. The van der Waals surface area contributed by atoms with Crippen LogP contribution in [0.5, 0.6) is 0 Å². The Balaban J connectivity index is 1.99. The van der Waals surface area contributed by atoms with E-state index in [-0.39, 0.29) is 6.04 Å². The van der Waals surface area contributed by atoms with E-state index >= 15 is 0 Å². The molecule has 18 heavy (non-hydrogen) atoms. The SMILES string of the molecule is Cc1ccc(C(CCc2cccnc2)NN)cc1. The van der Waals surface area contributed by atoms with Crippen molar-refractivity contribution in [2.75, 3.05) is 0 Å². The van der Waals surface area contributed by atoms with Gasteiger partial charge in [-0.1, -0.05) is 35.9 Å². The van der Waals surface area contributed by atoms with Crippen LogP contribution in [0.1, 0.15) is 29.2 Å². The minimum Gasteiger partial charge on any atom is -0.271 e. The van der Waals surface area contributed by atoms with Gasteiger partial charge in [0.15, 0.2) is 0 Å². The number of aromatic nitrogens is 1. The van der Waals surface area contributed by atoms with E-state index < -0.39 is 0 Å². The highest BCUT2D eigenvalue weighted by Gasteiger charge is 2.09. The van der Waals surface area contributed by atoms with Crippen molar-refractivity contribution in [2.24, 2.45) is 5.84 Å². The number of aryl methyl sites for hydroxylation is 2. The largest absolute Gasteiger partial charge is 0.271 e. The Kier molecular flexibility index (Phi) is 4.45. The summed E-state index contributed by atoms with van der Waals surface area (Å²) in [4.78, 5) is 4.12. The highest BCUT2D eigenvalue weighted by molar-refractivity contribution is 5.24. The zero-order valence-corrected chi connectivity index (χ0v) is 10.6. The fraction of sp³-hybridized carbons (Fsp3) is 0.267. The van der Waals surface area contributed by atoms with Gasteiger partial charge < -0.3 is 0 Å². The molecule has 0 bridgehead atoms. The van der Waals surface area contributed by atoms with Crippen molar-refractivity contribution in [1.29, 1.82) is 0 Å². The van der Waals surface area contributed by atoms with Gasteiger partial charge in [0, 0.05) is 18.4 Å². The summed E-state index contributed by atoms with van der Waals surface area (Å²) in [5.74, 6) is 5.64. The number of hydrogen-bond acceptors (Lipinski definition) is 3. The Hall–Kier alpha value is -1.71. The molecular weight excluding hydrogens is 222 g/mol. The Morgan fingerprint density at radius 1 is 1.22 bits per heavy atom. The van der Waals surface area contributed by atoms with Crippen LogP contribution in [0.4, 0.5) is 0 Å². The summed E-state index contributed by atoms with van der Waals surface area (Å²) < 4.78 is 0. The molecule has 1 aromatic carbocycles. The summed E-state index contributed by atoms with van der Waals surface area (Å²) in [6, 6.07) is 12.7. The Morgan fingerprint density at radius 2 is 2.00 bits per heavy atom. The maximum Gasteiger partial charge on any atom is 0.0463 e. The van der Waals surface area contributed by atoms with Crippen LogP contribution in [-0.4, -0.2) is 4.98 Å². The first-order valence-electron chi connectivity index (χ1n) is 6.21. The van der Waals surface area contributed by atoms with Gasteiger partial charge >= 0.3 is 0 Å². The summed E-state index contributed by atoms with van der Waals surface area (Å²) in [5.41, 5.74) is 6.62. The zero-order valence-electron chi connectivity index (χ0n) is 10.6. The summed E-state index contributed by atoms with van der Waals surface area (Å²) >= 11 is 0. The van der Waals surface area contributed by atoms with Crippen LogP contribution in [0, 0.1) is 6.92 Å². The zero-order chi connectivity index (χ0) is 12.8. The molecule has 0 aliphatic heterocycles. The lowest BCUT2D eigenvalue weighted by atomic mass is 9.99. The first-order chi connectivity index (χ1) is 8.79. The molecule has 1 aromatic heterocycles. The van der Waals surface area contributed by atoms with E-state index in [1.807, 2.05) is 12.3 Å². The molecule has 0 aliphatic carbocycles. The molecule has 1 heterocycles. The number of benzene rings is 1. The fourth-order valence-electron chi connectivity index (χ4n) is 2.00. The highest BCUT2D eigenvalue weighted by atomic mass is 15.2. The van der Waals surface area contributed by atoms with Gasteiger partial charge in [-0.2, -0.15) is 0 Å². The first kappa shape index (κ1) is 12.7. The molecule has 0 fully saturated rings. The van der Waals surface area contributed by atoms with E-state index in [1.165, 1.54) is 16.7 Å². The van der Waals surface area contributed by atoms with Gasteiger partial charge in [0.25, 0.3) is 0 Å². The second-order valence-electron chi connectivity index (χ2n) is 4.53. The smallest absolute Gasteiger partial charge is 0.0463 e. The Labute approximate surface area is 108 Å². The van der Waals surface area contributed by atoms with E-state index in [9.17, 15) is 0 Å². The van der Waals surface area contributed by atoms with Gasteiger partial charge in [0.1, 0.15) is 0 Å². The molecule has 0 amide bonds. The predicted octanol–water partition coefficient (Wildman–Crippen LogP) is 2.53. The summed E-state index contributed by atoms with van der Waals surface area (Å²) in [5, 5.41) is 0. The van der Waals surface area contributed by atoms with Gasteiger partial charge in [-0.3, -0.25) is 16.3 Å². The van der Waals surface area contributed by atoms with Crippen LogP contribution in [0.25, 0.3) is 0 Å². The molecule has 3 N–H and O–H groups in total. The summed E-state index contributed by atoms with van der Waals surface area (Å²) in [6.45, 7) is 2.09. The molecule has 2 aromatic rings. The normalized spacial score (nSPS) is 12.3. The Morgan fingerprint density at radius 3 is 2.61 bits per heavy atom. The lowest BCUT2D eigenvalue weighted by Gasteiger charge is -2.16. The molecule has 94 valence electrons. The monoisotopic (exact) mass is 241 g/mol. The molecule has 1 atom stereocenters. The van der Waals surface area contributed by atoms with Crippen LogP contribution in [0.15, 0.2) is 48.8 Å². The van der Waals surface area contributed by atoms with E-state index in [2.05, 4.69) is 47.7 Å². The quantitative estimate of drug-likeness (QED) is 0.624. The molecule has 2 rings (SSSR count). The average molecular weight is 241 g/mol.